The average Bonchev–Trinajstić information content (AvgIpc) is 2.36. The van der Waals surface area contributed by atoms with Gasteiger partial charge in [-0.05, 0) is 19.1 Å². The highest BCUT2D eigenvalue weighted by Crippen LogP contribution is 2.28. The maximum atomic E-state index is 11.7. The monoisotopic (exact) mass is 250 g/mol. The van der Waals surface area contributed by atoms with Crippen LogP contribution in [0.3, 0.4) is 0 Å². The first kappa shape index (κ1) is 12.2. The number of alkyl carbamates (subject to hydrolysis) is 1. The van der Waals surface area contributed by atoms with Gasteiger partial charge in [-0.1, -0.05) is 12.1 Å². The molecule has 1 aromatic rings. The van der Waals surface area contributed by atoms with Crippen LogP contribution >= 0.6 is 0 Å². The van der Waals surface area contributed by atoms with Gasteiger partial charge in [0.25, 0.3) is 5.91 Å². The molecule has 2 rings (SSSR count). The molecular weight excluding hydrogens is 236 g/mol. The summed E-state index contributed by atoms with van der Waals surface area (Å²) in [6.45, 7) is 2.06. The lowest BCUT2D eigenvalue weighted by Crippen LogP contribution is -2.45. The van der Waals surface area contributed by atoms with Gasteiger partial charge in [0.05, 0.1) is 18.8 Å². The molecule has 18 heavy (non-hydrogen) atoms. The molecule has 1 atom stereocenters. The van der Waals surface area contributed by atoms with Crippen molar-refractivity contribution in [2.75, 3.05) is 18.5 Å². The molecule has 1 heterocycles. The van der Waals surface area contributed by atoms with Crippen LogP contribution in [0.5, 0.6) is 5.75 Å². The summed E-state index contributed by atoms with van der Waals surface area (Å²) in [6, 6.07) is 7.13. The average molecular weight is 250 g/mol. The first-order valence-electron chi connectivity index (χ1n) is 5.68. The molecule has 6 heteroatoms. The fraction of sp³-hybridized carbons (Fsp3) is 0.333. The van der Waals surface area contributed by atoms with E-state index < -0.39 is 12.2 Å². The number of amides is 2. The van der Waals surface area contributed by atoms with Gasteiger partial charge < -0.3 is 20.1 Å². The van der Waals surface area contributed by atoms with Gasteiger partial charge in [0.1, 0.15) is 5.75 Å². The van der Waals surface area contributed by atoms with Crippen LogP contribution in [0, 0.1) is 0 Å². The molecule has 2 N–H and O–H groups in total. The van der Waals surface area contributed by atoms with Gasteiger partial charge in [-0.2, -0.15) is 0 Å². The van der Waals surface area contributed by atoms with Crippen molar-refractivity contribution in [3.05, 3.63) is 24.3 Å². The van der Waals surface area contributed by atoms with Crippen LogP contribution in [0.25, 0.3) is 0 Å². The second kappa shape index (κ2) is 5.39. The molecule has 0 aromatic heterocycles. The van der Waals surface area contributed by atoms with Crippen LogP contribution in [0.4, 0.5) is 10.5 Å². The van der Waals surface area contributed by atoms with E-state index in [4.69, 9.17) is 9.47 Å². The van der Waals surface area contributed by atoms with Gasteiger partial charge in [0, 0.05) is 0 Å². The molecule has 0 saturated heterocycles. The van der Waals surface area contributed by atoms with Gasteiger partial charge in [-0.3, -0.25) is 4.79 Å². The van der Waals surface area contributed by atoms with Crippen LogP contribution in [0.2, 0.25) is 0 Å². The number of para-hydroxylation sites is 2. The van der Waals surface area contributed by atoms with Gasteiger partial charge in [-0.25, -0.2) is 4.79 Å². The van der Waals surface area contributed by atoms with Crippen LogP contribution < -0.4 is 15.4 Å². The summed E-state index contributed by atoms with van der Waals surface area (Å²) in [5.41, 5.74) is 0.634. The Morgan fingerprint density at radius 1 is 1.50 bits per heavy atom. The van der Waals surface area contributed by atoms with Crippen molar-refractivity contribution in [3.63, 3.8) is 0 Å². The Morgan fingerprint density at radius 2 is 2.28 bits per heavy atom. The summed E-state index contributed by atoms with van der Waals surface area (Å²) in [5.74, 6) is 0.304. The minimum absolute atomic E-state index is 0.0685. The third-order valence-corrected chi connectivity index (χ3v) is 2.41. The van der Waals surface area contributed by atoms with Crippen molar-refractivity contribution in [2.45, 2.75) is 13.0 Å². The minimum Gasteiger partial charge on any atom is -0.477 e. The van der Waals surface area contributed by atoms with Crippen molar-refractivity contribution in [1.82, 2.24) is 5.32 Å². The summed E-state index contributed by atoms with van der Waals surface area (Å²) in [4.78, 5) is 22.8. The Balaban J connectivity index is 1.95. The summed E-state index contributed by atoms with van der Waals surface area (Å²) in [6.07, 6.45) is -1.31. The second-order valence-electron chi connectivity index (χ2n) is 3.69. The topological polar surface area (TPSA) is 76.7 Å². The first-order chi connectivity index (χ1) is 8.70. The summed E-state index contributed by atoms with van der Waals surface area (Å²) in [7, 11) is 0. The Morgan fingerprint density at radius 3 is 3.06 bits per heavy atom. The Kier molecular flexibility index (Phi) is 3.66. The van der Waals surface area contributed by atoms with Gasteiger partial charge in [0.15, 0.2) is 6.10 Å². The predicted octanol–water partition coefficient (Wildman–Crippen LogP) is 1.13. The molecule has 1 aromatic carbocycles. The third kappa shape index (κ3) is 2.71. The van der Waals surface area contributed by atoms with E-state index in [-0.39, 0.29) is 19.1 Å². The van der Waals surface area contributed by atoms with E-state index in [9.17, 15) is 9.59 Å². The number of rotatable bonds is 3. The summed E-state index contributed by atoms with van der Waals surface area (Å²) >= 11 is 0. The van der Waals surface area contributed by atoms with Crippen molar-refractivity contribution in [3.8, 4) is 5.75 Å². The van der Waals surface area contributed by atoms with E-state index in [1.54, 1.807) is 25.1 Å². The maximum Gasteiger partial charge on any atom is 0.407 e. The molecule has 1 aliphatic heterocycles. The van der Waals surface area contributed by atoms with E-state index in [1.165, 1.54) is 0 Å². The predicted molar refractivity (Wildman–Crippen MR) is 64.5 cm³/mol. The number of carbonyl (C=O) groups is 2. The molecule has 0 bridgehead atoms. The number of anilines is 1. The number of fused-ring (bicyclic) bond motifs is 1. The number of benzene rings is 1. The van der Waals surface area contributed by atoms with Crippen LogP contribution in [0.15, 0.2) is 24.3 Å². The smallest absolute Gasteiger partial charge is 0.407 e. The molecule has 6 nitrogen and oxygen atoms in total. The van der Waals surface area contributed by atoms with E-state index in [0.717, 1.165) is 0 Å². The molecule has 0 radical (unpaired) electrons. The van der Waals surface area contributed by atoms with Crippen molar-refractivity contribution >= 4 is 17.7 Å². The summed E-state index contributed by atoms with van der Waals surface area (Å²) in [5, 5.41) is 5.18. The number of hydrogen-bond donors (Lipinski definition) is 2. The van der Waals surface area contributed by atoms with Crippen LogP contribution in [-0.4, -0.2) is 31.3 Å². The largest absolute Gasteiger partial charge is 0.477 e. The molecule has 0 spiro atoms. The number of hydrogen-bond acceptors (Lipinski definition) is 4. The number of ether oxygens (including phenoxy) is 2. The molecule has 0 saturated carbocycles. The van der Waals surface area contributed by atoms with E-state index >= 15 is 0 Å². The molecular formula is C12H14N2O4. The lowest BCUT2D eigenvalue weighted by atomic mass is 10.2. The standard InChI is InChI=1S/C12H14N2O4/c1-2-17-12(16)13-7-10-11(15)14-8-5-3-4-6-9(8)18-10/h3-6,10H,2,7H2,1H3,(H,13,16)(H,14,15). The SMILES string of the molecule is CCOC(=O)NCC1Oc2ccccc2NC1=O. The molecule has 1 unspecified atom stereocenters. The van der Waals surface area contributed by atoms with E-state index in [2.05, 4.69) is 10.6 Å². The third-order valence-electron chi connectivity index (χ3n) is 2.41. The highest BCUT2D eigenvalue weighted by molar-refractivity contribution is 5.98. The Bertz CT molecular complexity index is 461. The molecule has 2 amide bonds. The van der Waals surface area contributed by atoms with Crippen LogP contribution in [-0.2, 0) is 9.53 Å². The zero-order chi connectivity index (χ0) is 13.0. The Labute approximate surface area is 104 Å². The fourth-order valence-corrected chi connectivity index (χ4v) is 1.59. The van der Waals surface area contributed by atoms with Gasteiger partial charge in [-0.15, -0.1) is 0 Å². The zero-order valence-corrected chi connectivity index (χ0v) is 9.93. The fourth-order valence-electron chi connectivity index (χ4n) is 1.59. The van der Waals surface area contributed by atoms with Crippen molar-refractivity contribution < 1.29 is 19.1 Å². The highest BCUT2D eigenvalue weighted by atomic mass is 16.5. The minimum atomic E-state index is -0.746. The normalized spacial score (nSPS) is 17.2. The van der Waals surface area contributed by atoms with Crippen LogP contribution in [0.1, 0.15) is 6.92 Å². The van der Waals surface area contributed by atoms with Crippen molar-refractivity contribution in [2.24, 2.45) is 0 Å². The summed E-state index contributed by atoms with van der Waals surface area (Å²) < 4.78 is 10.2. The number of carbonyl (C=O) groups excluding carboxylic acids is 2. The molecule has 96 valence electrons. The lowest BCUT2D eigenvalue weighted by Gasteiger charge is -2.25. The van der Waals surface area contributed by atoms with E-state index in [1.807, 2.05) is 6.07 Å². The maximum absolute atomic E-state index is 11.7. The van der Waals surface area contributed by atoms with Gasteiger partial charge in [0.2, 0.25) is 0 Å². The number of nitrogens with one attached hydrogen (secondary N) is 2. The van der Waals surface area contributed by atoms with E-state index in [0.29, 0.717) is 11.4 Å². The molecule has 0 aliphatic carbocycles. The quantitative estimate of drug-likeness (QED) is 0.843. The first-order valence-corrected chi connectivity index (χ1v) is 5.68. The Hall–Kier alpha value is -2.24. The zero-order valence-electron chi connectivity index (χ0n) is 9.93. The van der Waals surface area contributed by atoms with Crippen molar-refractivity contribution in [1.29, 1.82) is 0 Å². The lowest BCUT2D eigenvalue weighted by molar-refractivity contribution is -0.123. The second-order valence-corrected chi connectivity index (χ2v) is 3.69. The molecule has 1 aliphatic rings. The van der Waals surface area contributed by atoms with Gasteiger partial charge >= 0.3 is 6.09 Å². The molecule has 0 fully saturated rings. The highest BCUT2D eigenvalue weighted by Gasteiger charge is 2.27.